The number of aliphatic hydroxyl groups is 1. The van der Waals surface area contributed by atoms with Gasteiger partial charge in [0.2, 0.25) is 0 Å². The maximum Gasteiger partial charge on any atom is 0.295 e. The Morgan fingerprint density at radius 3 is 2.44 bits per heavy atom. The number of ether oxygens (including phenoxy) is 3. The minimum atomic E-state index is -0.756. The van der Waals surface area contributed by atoms with E-state index < -0.39 is 17.7 Å². The van der Waals surface area contributed by atoms with Crippen LogP contribution in [0.4, 0.5) is 0 Å². The van der Waals surface area contributed by atoms with E-state index in [1.54, 1.807) is 42.5 Å². The van der Waals surface area contributed by atoms with E-state index in [4.69, 9.17) is 14.2 Å². The van der Waals surface area contributed by atoms with Crippen LogP contribution in [0.1, 0.15) is 44.4 Å². The summed E-state index contributed by atoms with van der Waals surface area (Å²) in [5.74, 6) is -0.132. The number of aliphatic hydroxyl groups excluding tert-OH is 1. The summed E-state index contributed by atoms with van der Waals surface area (Å²) in [6.07, 6.45) is 2.29. The molecular weight excluding hydrogens is 434 g/mol. The monoisotopic (exact) mass is 465 g/mol. The largest absolute Gasteiger partial charge is 0.507 e. The van der Waals surface area contributed by atoms with Gasteiger partial charge in [-0.1, -0.05) is 31.7 Å². The molecule has 0 aromatic heterocycles. The van der Waals surface area contributed by atoms with Crippen molar-refractivity contribution in [2.75, 3.05) is 26.4 Å². The number of hydrogen-bond donors (Lipinski definition) is 1. The minimum absolute atomic E-state index is 0.0180. The lowest BCUT2D eigenvalue weighted by atomic mass is 9.94. The Hall–Kier alpha value is -3.74. The number of rotatable bonds is 11. The highest BCUT2D eigenvalue weighted by Crippen LogP contribution is 2.42. The molecule has 1 unspecified atom stereocenters. The summed E-state index contributed by atoms with van der Waals surface area (Å²) in [6.45, 7) is 10.8. The van der Waals surface area contributed by atoms with Gasteiger partial charge >= 0.3 is 0 Å². The number of carbonyl (C=O) groups is 2. The van der Waals surface area contributed by atoms with Crippen LogP contribution in [0, 0.1) is 0 Å². The fraction of sp³-hybridized carbons (Fsp3) is 0.333. The maximum atomic E-state index is 13.2. The highest BCUT2D eigenvalue weighted by molar-refractivity contribution is 6.46. The van der Waals surface area contributed by atoms with E-state index in [1.807, 2.05) is 26.8 Å². The lowest BCUT2D eigenvalue weighted by Crippen LogP contribution is -2.30. The van der Waals surface area contributed by atoms with E-state index in [1.165, 1.54) is 4.90 Å². The first-order valence-electron chi connectivity index (χ1n) is 11.5. The Bertz CT molecular complexity index is 1090. The summed E-state index contributed by atoms with van der Waals surface area (Å²) in [5.41, 5.74) is 1.01. The molecule has 1 aliphatic rings. The van der Waals surface area contributed by atoms with Crippen LogP contribution < -0.4 is 14.2 Å². The standard InChI is InChI=1S/C27H31NO6/c1-5-14-28-24(18-10-9-11-19(16-18)34-15-6-2)23(26(30)27(28)31)25(29)21-13-12-20(32-7-3)17-22(21)33-8-4/h6,9-13,16-17,24,29H,2,5,7-8,14-15H2,1,3-4H3/b25-23-. The first kappa shape index (κ1) is 24.9. The lowest BCUT2D eigenvalue weighted by molar-refractivity contribution is -0.139. The summed E-state index contributed by atoms with van der Waals surface area (Å²) in [6, 6.07) is 11.4. The van der Waals surface area contributed by atoms with Crippen LogP contribution >= 0.6 is 0 Å². The number of benzene rings is 2. The van der Waals surface area contributed by atoms with Crippen LogP contribution in [0.2, 0.25) is 0 Å². The summed E-state index contributed by atoms with van der Waals surface area (Å²) in [4.78, 5) is 27.6. The number of Topliss-reactive ketones (excluding diaryl/α,β-unsaturated/α-hetero) is 1. The zero-order chi connectivity index (χ0) is 24.7. The first-order chi connectivity index (χ1) is 16.5. The first-order valence-corrected chi connectivity index (χ1v) is 11.5. The van der Waals surface area contributed by atoms with Crippen molar-refractivity contribution >= 4 is 17.4 Å². The fourth-order valence-corrected chi connectivity index (χ4v) is 4.00. The smallest absolute Gasteiger partial charge is 0.295 e. The van der Waals surface area contributed by atoms with Crippen LogP contribution in [-0.4, -0.2) is 48.1 Å². The number of likely N-dealkylation sites (tertiary alicyclic amines) is 1. The third-order valence-corrected chi connectivity index (χ3v) is 5.37. The third kappa shape index (κ3) is 5.09. The van der Waals surface area contributed by atoms with Crippen LogP contribution in [0.25, 0.3) is 5.76 Å². The number of carbonyl (C=O) groups excluding carboxylic acids is 2. The van der Waals surface area contributed by atoms with Gasteiger partial charge in [0.1, 0.15) is 29.6 Å². The average Bonchev–Trinajstić information content (AvgIpc) is 3.08. The van der Waals surface area contributed by atoms with Gasteiger partial charge in [0.25, 0.3) is 11.7 Å². The van der Waals surface area contributed by atoms with Crippen molar-refractivity contribution in [2.45, 2.75) is 33.2 Å². The predicted molar refractivity (Wildman–Crippen MR) is 130 cm³/mol. The van der Waals surface area contributed by atoms with Gasteiger partial charge in [-0.25, -0.2) is 0 Å². The molecule has 2 aromatic carbocycles. The second-order valence-electron chi connectivity index (χ2n) is 7.69. The van der Waals surface area contributed by atoms with Gasteiger partial charge in [-0.3, -0.25) is 9.59 Å². The molecule has 7 nitrogen and oxygen atoms in total. The maximum absolute atomic E-state index is 13.2. The molecule has 3 rings (SSSR count). The molecule has 1 fully saturated rings. The Kier molecular flexibility index (Phi) is 8.35. The normalized spacial score (nSPS) is 17.0. The van der Waals surface area contributed by atoms with Crippen molar-refractivity contribution < 1.29 is 28.9 Å². The molecule has 34 heavy (non-hydrogen) atoms. The van der Waals surface area contributed by atoms with E-state index in [0.717, 1.165) is 0 Å². The molecule has 0 aliphatic carbocycles. The molecule has 180 valence electrons. The molecule has 0 bridgehead atoms. The Balaban J connectivity index is 2.18. The molecule has 0 spiro atoms. The van der Waals surface area contributed by atoms with Crippen molar-refractivity contribution in [3.63, 3.8) is 0 Å². The predicted octanol–water partition coefficient (Wildman–Crippen LogP) is 4.88. The van der Waals surface area contributed by atoms with E-state index in [2.05, 4.69) is 6.58 Å². The molecule has 2 aromatic rings. The summed E-state index contributed by atoms with van der Waals surface area (Å²) in [5, 5.41) is 11.4. The van der Waals surface area contributed by atoms with Crippen LogP contribution in [0.5, 0.6) is 17.2 Å². The second-order valence-corrected chi connectivity index (χ2v) is 7.69. The molecule has 7 heteroatoms. The number of amides is 1. The summed E-state index contributed by atoms with van der Waals surface area (Å²) >= 11 is 0. The minimum Gasteiger partial charge on any atom is -0.507 e. The second kappa shape index (κ2) is 11.4. The molecular formula is C27H31NO6. The van der Waals surface area contributed by atoms with Crippen molar-refractivity contribution in [2.24, 2.45) is 0 Å². The van der Waals surface area contributed by atoms with Crippen LogP contribution in [0.15, 0.2) is 60.7 Å². The van der Waals surface area contributed by atoms with Gasteiger partial charge in [-0.2, -0.15) is 0 Å². The highest BCUT2D eigenvalue weighted by Gasteiger charge is 2.46. The van der Waals surface area contributed by atoms with Gasteiger partial charge in [-0.15, -0.1) is 0 Å². The van der Waals surface area contributed by atoms with Gasteiger partial charge in [0.15, 0.2) is 0 Å². The molecule has 1 saturated heterocycles. The topological polar surface area (TPSA) is 85.3 Å². The molecule has 1 atom stereocenters. The average molecular weight is 466 g/mol. The molecule has 1 N–H and O–H groups in total. The molecule has 1 amide bonds. The Labute approximate surface area is 200 Å². The molecule has 0 radical (unpaired) electrons. The molecule has 1 aliphatic heterocycles. The van der Waals surface area contributed by atoms with E-state index in [0.29, 0.717) is 61.2 Å². The quantitative estimate of drug-likeness (QED) is 0.220. The number of nitrogens with zero attached hydrogens (tertiary/aromatic N) is 1. The van der Waals surface area contributed by atoms with Gasteiger partial charge < -0.3 is 24.2 Å². The molecule has 0 saturated carbocycles. The van der Waals surface area contributed by atoms with E-state index >= 15 is 0 Å². The van der Waals surface area contributed by atoms with Gasteiger partial charge in [0.05, 0.1) is 30.4 Å². The van der Waals surface area contributed by atoms with Gasteiger partial charge in [-0.05, 0) is 50.1 Å². The van der Waals surface area contributed by atoms with Gasteiger partial charge in [0, 0.05) is 12.6 Å². The molecule has 1 heterocycles. The van der Waals surface area contributed by atoms with E-state index in [9.17, 15) is 14.7 Å². The fourth-order valence-electron chi connectivity index (χ4n) is 4.00. The summed E-state index contributed by atoms with van der Waals surface area (Å²) < 4.78 is 16.9. The van der Waals surface area contributed by atoms with Crippen molar-refractivity contribution in [1.29, 1.82) is 0 Å². The summed E-state index contributed by atoms with van der Waals surface area (Å²) in [7, 11) is 0. The lowest BCUT2D eigenvalue weighted by Gasteiger charge is -2.25. The third-order valence-electron chi connectivity index (χ3n) is 5.37. The Morgan fingerprint density at radius 1 is 1.03 bits per heavy atom. The highest BCUT2D eigenvalue weighted by atomic mass is 16.5. The van der Waals surface area contributed by atoms with Crippen molar-refractivity contribution in [3.05, 3.63) is 71.8 Å². The number of hydrogen-bond acceptors (Lipinski definition) is 6. The van der Waals surface area contributed by atoms with E-state index in [-0.39, 0.29) is 11.3 Å². The van der Waals surface area contributed by atoms with Crippen molar-refractivity contribution in [1.82, 2.24) is 4.90 Å². The SMILES string of the molecule is C=CCOc1cccc(C2/C(=C(/O)c3ccc(OCC)cc3OCC)C(=O)C(=O)N2CCC)c1. The Morgan fingerprint density at radius 2 is 1.76 bits per heavy atom. The number of ketones is 1. The zero-order valence-corrected chi connectivity index (χ0v) is 19.9. The van der Waals surface area contributed by atoms with Crippen molar-refractivity contribution in [3.8, 4) is 17.2 Å². The van der Waals surface area contributed by atoms with Crippen LogP contribution in [0.3, 0.4) is 0 Å². The van der Waals surface area contributed by atoms with Crippen LogP contribution in [-0.2, 0) is 9.59 Å². The zero-order valence-electron chi connectivity index (χ0n) is 19.9.